The minimum Gasteiger partial charge on any atom is -0.295 e. The number of rotatable bonds is 4. The Morgan fingerprint density at radius 3 is 1.83 bits per heavy atom. The van der Waals surface area contributed by atoms with Gasteiger partial charge in [-0.25, -0.2) is 8.78 Å². The van der Waals surface area contributed by atoms with Crippen LogP contribution >= 0.6 is 31.9 Å². The van der Waals surface area contributed by atoms with Gasteiger partial charge in [-0.1, -0.05) is 31.9 Å². The van der Waals surface area contributed by atoms with Crippen LogP contribution in [0.2, 0.25) is 0 Å². The van der Waals surface area contributed by atoms with Crippen molar-refractivity contribution in [2.75, 3.05) is 0 Å². The Labute approximate surface area is 142 Å². The zero-order valence-electron chi connectivity index (χ0n) is 10.9. The molecule has 10 heteroatoms. The molecule has 0 heterocycles. The largest absolute Gasteiger partial charge is 0.331 e. The van der Waals surface area contributed by atoms with E-state index in [4.69, 9.17) is 0 Å². The minimum atomic E-state index is -5.19. The molecule has 1 aliphatic carbocycles. The van der Waals surface area contributed by atoms with Crippen molar-refractivity contribution in [2.45, 2.75) is 30.1 Å². The van der Waals surface area contributed by atoms with E-state index < -0.39 is 41.7 Å². The SMILES string of the molecule is O=C(CC(=O)C1(F)C(F)(F)C(F)C1(F)F)c1cc(Br)cc(Br)c1. The van der Waals surface area contributed by atoms with Crippen molar-refractivity contribution in [3.8, 4) is 0 Å². The van der Waals surface area contributed by atoms with Gasteiger partial charge in [-0.2, -0.15) is 17.6 Å². The van der Waals surface area contributed by atoms with E-state index in [0.717, 1.165) is 0 Å². The first-order valence-corrected chi connectivity index (χ1v) is 7.55. The quantitative estimate of drug-likeness (QED) is 0.366. The summed E-state index contributed by atoms with van der Waals surface area (Å²) in [6.45, 7) is 0. The Morgan fingerprint density at radius 2 is 1.39 bits per heavy atom. The molecule has 0 radical (unpaired) electrons. The first kappa shape index (κ1) is 18.4. The van der Waals surface area contributed by atoms with E-state index >= 15 is 0 Å². The van der Waals surface area contributed by atoms with Crippen molar-refractivity contribution >= 4 is 43.4 Å². The molecule has 1 aromatic rings. The molecule has 1 aromatic carbocycles. The zero-order valence-corrected chi connectivity index (χ0v) is 14.0. The lowest BCUT2D eigenvalue weighted by atomic mass is 9.68. The van der Waals surface area contributed by atoms with Crippen LogP contribution < -0.4 is 0 Å². The number of benzene rings is 1. The van der Waals surface area contributed by atoms with Gasteiger partial charge in [0, 0.05) is 14.5 Å². The van der Waals surface area contributed by atoms with Gasteiger partial charge in [-0.05, 0) is 18.2 Å². The van der Waals surface area contributed by atoms with Crippen molar-refractivity contribution in [3.05, 3.63) is 32.7 Å². The highest BCUT2D eigenvalue weighted by molar-refractivity contribution is 9.11. The number of carbonyl (C=O) groups is 2. The van der Waals surface area contributed by atoms with Crippen molar-refractivity contribution in [2.24, 2.45) is 0 Å². The standard InChI is InChI=1S/C13H6Br2F6O2/c14-6-1-5(2-7(15)3-6)8(22)4-9(23)11(17)12(18,19)10(16)13(11,20)21/h1-3,10H,4H2. The van der Waals surface area contributed by atoms with Crippen LogP contribution in [0.25, 0.3) is 0 Å². The molecule has 0 atom stereocenters. The molecule has 0 amide bonds. The highest BCUT2D eigenvalue weighted by atomic mass is 79.9. The Kier molecular flexibility index (Phi) is 4.47. The average Bonchev–Trinajstić information content (AvgIpc) is 2.43. The summed E-state index contributed by atoms with van der Waals surface area (Å²) in [5.74, 6) is -13.9. The van der Waals surface area contributed by atoms with Crippen LogP contribution in [-0.2, 0) is 4.79 Å². The number of carbonyl (C=O) groups excluding carboxylic acids is 2. The zero-order chi connectivity index (χ0) is 17.8. The lowest BCUT2D eigenvalue weighted by Crippen LogP contribution is -2.81. The van der Waals surface area contributed by atoms with Gasteiger partial charge in [0.1, 0.15) is 0 Å². The third-order valence-corrected chi connectivity index (χ3v) is 4.36. The molecule has 126 valence electrons. The molecule has 0 N–H and O–H groups in total. The van der Waals surface area contributed by atoms with Gasteiger partial charge in [-0.3, -0.25) is 9.59 Å². The maximum absolute atomic E-state index is 13.9. The third-order valence-electron chi connectivity index (χ3n) is 3.45. The van der Waals surface area contributed by atoms with Crippen molar-refractivity contribution in [1.29, 1.82) is 0 Å². The summed E-state index contributed by atoms with van der Waals surface area (Å²) < 4.78 is 79.9. The van der Waals surface area contributed by atoms with Crippen LogP contribution in [0.3, 0.4) is 0 Å². The topological polar surface area (TPSA) is 34.1 Å². The van der Waals surface area contributed by atoms with Crippen LogP contribution in [0.4, 0.5) is 26.3 Å². The molecule has 2 rings (SSSR count). The highest BCUT2D eigenvalue weighted by Crippen LogP contribution is 2.62. The summed E-state index contributed by atoms with van der Waals surface area (Å²) in [5.41, 5.74) is -5.22. The summed E-state index contributed by atoms with van der Waals surface area (Å²) in [7, 11) is 0. The lowest BCUT2D eigenvalue weighted by Gasteiger charge is -2.49. The average molecular weight is 468 g/mol. The fourth-order valence-electron chi connectivity index (χ4n) is 2.18. The Morgan fingerprint density at radius 1 is 0.957 bits per heavy atom. The Hall–Kier alpha value is -0.900. The third kappa shape index (κ3) is 2.54. The minimum absolute atomic E-state index is 0.189. The normalized spacial score (nSPS) is 28.1. The second kappa shape index (κ2) is 5.58. The molecular weight excluding hydrogens is 462 g/mol. The maximum atomic E-state index is 13.9. The van der Waals surface area contributed by atoms with Crippen molar-refractivity contribution in [1.82, 2.24) is 0 Å². The van der Waals surface area contributed by atoms with Gasteiger partial charge in [0.05, 0.1) is 6.42 Å². The number of Topliss-reactive ketones (excluding diaryl/α,β-unsaturated/α-hetero) is 2. The molecule has 0 bridgehead atoms. The van der Waals surface area contributed by atoms with E-state index in [0.29, 0.717) is 8.95 Å². The molecule has 0 aromatic heterocycles. The summed E-state index contributed by atoms with van der Waals surface area (Å²) in [4.78, 5) is 23.4. The molecule has 0 saturated heterocycles. The molecule has 0 unspecified atom stereocenters. The molecule has 0 aliphatic heterocycles. The van der Waals surface area contributed by atoms with Crippen LogP contribution in [0, 0.1) is 0 Å². The Bertz CT molecular complexity index is 655. The van der Waals surface area contributed by atoms with Gasteiger partial charge in [0.25, 0.3) is 0 Å². The van der Waals surface area contributed by atoms with Gasteiger partial charge in [-0.15, -0.1) is 0 Å². The predicted molar refractivity (Wildman–Crippen MR) is 74.4 cm³/mol. The fourth-order valence-corrected chi connectivity index (χ4v) is 3.47. The van der Waals surface area contributed by atoms with Gasteiger partial charge < -0.3 is 0 Å². The number of hydrogen-bond donors (Lipinski definition) is 0. The van der Waals surface area contributed by atoms with Crippen LogP contribution in [0.15, 0.2) is 27.1 Å². The summed E-state index contributed by atoms with van der Waals surface area (Å²) >= 11 is 6.05. The Balaban J connectivity index is 2.27. The van der Waals surface area contributed by atoms with Gasteiger partial charge >= 0.3 is 17.5 Å². The van der Waals surface area contributed by atoms with E-state index in [2.05, 4.69) is 31.9 Å². The van der Waals surface area contributed by atoms with Crippen LogP contribution in [0.5, 0.6) is 0 Å². The van der Waals surface area contributed by atoms with Crippen molar-refractivity contribution < 1.29 is 35.9 Å². The first-order chi connectivity index (χ1) is 10.4. The molecule has 0 spiro atoms. The fraction of sp³-hybridized carbons (Fsp3) is 0.385. The van der Waals surface area contributed by atoms with Crippen molar-refractivity contribution in [3.63, 3.8) is 0 Å². The van der Waals surface area contributed by atoms with Gasteiger partial charge in [0.15, 0.2) is 11.6 Å². The summed E-state index contributed by atoms with van der Waals surface area (Å²) in [6, 6.07) is 3.90. The maximum Gasteiger partial charge on any atom is 0.331 e. The van der Waals surface area contributed by atoms with E-state index in [1.54, 1.807) is 0 Å². The lowest BCUT2D eigenvalue weighted by molar-refractivity contribution is -0.370. The number of ketones is 2. The van der Waals surface area contributed by atoms with E-state index in [1.807, 2.05) is 0 Å². The summed E-state index contributed by atoms with van der Waals surface area (Å²) in [6.07, 6.45) is -5.66. The predicted octanol–water partition coefficient (Wildman–Crippen LogP) is 4.68. The van der Waals surface area contributed by atoms with E-state index in [-0.39, 0.29) is 5.56 Å². The second-order valence-corrected chi connectivity index (χ2v) is 6.78. The molecule has 2 nitrogen and oxygen atoms in total. The molecule has 23 heavy (non-hydrogen) atoms. The molecule has 1 saturated carbocycles. The second-order valence-electron chi connectivity index (χ2n) is 4.95. The molecular formula is C13H6Br2F6O2. The monoisotopic (exact) mass is 466 g/mol. The van der Waals surface area contributed by atoms with Crippen LogP contribution in [-0.4, -0.2) is 35.3 Å². The van der Waals surface area contributed by atoms with Gasteiger partial charge in [0.2, 0.25) is 6.17 Å². The number of hydrogen-bond acceptors (Lipinski definition) is 2. The van der Waals surface area contributed by atoms with E-state index in [9.17, 15) is 35.9 Å². The first-order valence-electron chi connectivity index (χ1n) is 5.97. The molecule has 1 fully saturated rings. The summed E-state index contributed by atoms with van der Waals surface area (Å²) in [5, 5.41) is 0. The number of halogens is 8. The highest BCUT2D eigenvalue weighted by Gasteiger charge is 2.92. The number of alkyl halides is 6. The smallest absolute Gasteiger partial charge is 0.295 e. The van der Waals surface area contributed by atoms with E-state index in [1.165, 1.54) is 18.2 Å². The molecule has 1 aliphatic rings. The van der Waals surface area contributed by atoms with Crippen LogP contribution in [0.1, 0.15) is 16.8 Å².